The summed E-state index contributed by atoms with van der Waals surface area (Å²) in [7, 11) is 0. The molecule has 6 heteroatoms. The van der Waals surface area contributed by atoms with Gasteiger partial charge in [0, 0.05) is 12.8 Å². The first-order chi connectivity index (χ1) is 11.7. The summed E-state index contributed by atoms with van der Waals surface area (Å²) in [6.45, 7) is 1.99. The van der Waals surface area contributed by atoms with Gasteiger partial charge in [-0.05, 0) is 30.0 Å². The Kier molecular flexibility index (Phi) is 5.05. The number of aromatic amines is 1. The third kappa shape index (κ3) is 3.71. The number of H-pyrrole nitrogens is 1. The first-order valence-electron chi connectivity index (χ1n) is 7.98. The van der Waals surface area contributed by atoms with Gasteiger partial charge in [-0.2, -0.15) is 0 Å². The van der Waals surface area contributed by atoms with E-state index in [0.29, 0.717) is 4.88 Å². The number of aromatic nitrogens is 2. The molecule has 0 radical (unpaired) electrons. The van der Waals surface area contributed by atoms with Crippen molar-refractivity contribution in [2.24, 2.45) is 0 Å². The van der Waals surface area contributed by atoms with Gasteiger partial charge in [0.1, 0.15) is 5.82 Å². The van der Waals surface area contributed by atoms with Crippen LogP contribution in [0.3, 0.4) is 0 Å². The van der Waals surface area contributed by atoms with Gasteiger partial charge in [-0.3, -0.25) is 9.59 Å². The molecule has 0 bridgehead atoms. The maximum atomic E-state index is 12.2. The number of carbonyl (C=O) groups is 2. The fraction of sp³-hybridized carbons (Fsp3) is 0.278. The molecule has 0 aliphatic heterocycles. The number of thiophene rings is 1. The molecule has 0 unspecified atom stereocenters. The summed E-state index contributed by atoms with van der Waals surface area (Å²) in [5.74, 6) is 0.626. The van der Waals surface area contributed by atoms with Gasteiger partial charge in [-0.15, -0.1) is 11.3 Å². The minimum atomic E-state index is -0.179. The van der Waals surface area contributed by atoms with Crippen molar-refractivity contribution in [1.82, 2.24) is 15.3 Å². The van der Waals surface area contributed by atoms with Gasteiger partial charge in [-0.1, -0.05) is 25.1 Å². The molecule has 0 spiro atoms. The number of Topliss-reactive ketones (excluding diaryl/α,β-unsaturated/α-hetero) is 1. The van der Waals surface area contributed by atoms with Crippen LogP contribution in [-0.4, -0.2) is 21.7 Å². The molecule has 1 atom stereocenters. The number of fused-ring (bicyclic) bond motifs is 1. The maximum absolute atomic E-state index is 12.2. The summed E-state index contributed by atoms with van der Waals surface area (Å²) in [5.41, 5.74) is 1.83. The highest BCUT2D eigenvalue weighted by molar-refractivity contribution is 7.12. The Morgan fingerprint density at radius 3 is 2.75 bits per heavy atom. The van der Waals surface area contributed by atoms with Crippen molar-refractivity contribution in [3.63, 3.8) is 0 Å². The van der Waals surface area contributed by atoms with Crippen LogP contribution in [0.1, 0.15) is 47.7 Å². The van der Waals surface area contributed by atoms with Crippen molar-refractivity contribution >= 4 is 34.1 Å². The molecule has 2 heterocycles. The molecule has 24 heavy (non-hydrogen) atoms. The van der Waals surface area contributed by atoms with Crippen LogP contribution in [-0.2, 0) is 4.79 Å². The van der Waals surface area contributed by atoms with Gasteiger partial charge < -0.3 is 10.3 Å². The second-order valence-corrected chi connectivity index (χ2v) is 6.52. The van der Waals surface area contributed by atoms with Gasteiger partial charge in [0.25, 0.3) is 0 Å². The van der Waals surface area contributed by atoms with Gasteiger partial charge in [0.2, 0.25) is 5.91 Å². The SMILES string of the molecule is CC[C@@H](NC(=O)CCC(=O)c1cccs1)c1nc2ccccc2[nH]1. The zero-order chi connectivity index (χ0) is 16.9. The normalized spacial score (nSPS) is 12.2. The molecule has 0 saturated carbocycles. The fourth-order valence-corrected chi connectivity index (χ4v) is 3.25. The first-order valence-corrected chi connectivity index (χ1v) is 8.86. The van der Waals surface area contributed by atoms with E-state index in [1.807, 2.05) is 42.6 Å². The van der Waals surface area contributed by atoms with Crippen molar-refractivity contribution in [2.75, 3.05) is 0 Å². The molecule has 3 rings (SSSR count). The van der Waals surface area contributed by atoms with E-state index in [9.17, 15) is 9.59 Å². The molecule has 1 aromatic carbocycles. The lowest BCUT2D eigenvalue weighted by Gasteiger charge is -2.14. The molecule has 3 aromatic rings. The number of nitrogens with one attached hydrogen (secondary N) is 2. The van der Waals surface area contributed by atoms with Gasteiger partial charge in [0.05, 0.1) is 22.0 Å². The molecule has 0 aliphatic carbocycles. The Balaban J connectivity index is 1.60. The van der Waals surface area contributed by atoms with Crippen molar-refractivity contribution in [1.29, 1.82) is 0 Å². The number of para-hydroxylation sites is 2. The van der Waals surface area contributed by atoms with Crippen LogP contribution in [0, 0.1) is 0 Å². The number of hydrogen-bond acceptors (Lipinski definition) is 4. The van der Waals surface area contributed by atoms with Crippen LogP contribution in [0.25, 0.3) is 11.0 Å². The van der Waals surface area contributed by atoms with Crippen molar-refractivity contribution in [3.8, 4) is 0 Å². The largest absolute Gasteiger partial charge is 0.346 e. The highest BCUT2D eigenvalue weighted by atomic mass is 32.1. The average molecular weight is 341 g/mol. The fourth-order valence-electron chi connectivity index (χ4n) is 2.56. The zero-order valence-electron chi connectivity index (χ0n) is 13.4. The molecule has 0 fully saturated rings. The van der Waals surface area contributed by atoms with Gasteiger partial charge in [0.15, 0.2) is 5.78 Å². The molecular formula is C18H19N3O2S. The van der Waals surface area contributed by atoms with Crippen LogP contribution in [0.15, 0.2) is 41.8 Å². The third-order valence-electron chi connectivity index (χ3n) is 3.86. The standard InChI is InChI=1S/C18H19N3O2S/c1-2-12(18-20-13-6-3-4-7-14(13)21-18)19-17(23)10-9-15(22)16-8-5-11-24-16/h3-8,11-12H,2,9-10H2,1H3,(H,19,23)(H,20,21)/t12-/m1/s1. The lowest BCUT2D eigenvalue weighted by atomic mass is 10.1. The molecule has 1 amide bonds. The van der Waals surface area contributed by atoms with Crippen LogP contribution >= 0.6 is 11.3 Å². The van der Waals surface area contributed by atoms with Crippen LogP contribution in [0.5, 0.6) is 0 Å². The van der Waals surface area contributed by atoms with E-state index in [4.69, 9.17) is 0 Å². The topological polar surface area (TPSA) is 74.8 Å². The van der Waals surface area contributed by atoms with Gasteiger partial charge >= 0.3 is 0 Å². The Morgan fingerprint density at radius 1 is 1.21 bits per heavy atom. The van der Waals surface area contributed by atoms with E-state index in [1.54, 1.807) is 6.07 Å². The summed E-state index contributed by atoms with van der Waals surface area (Å²) < 4.78 is 0. The predicted octanol–water partition coefficient (Wildman–Crippen LogP) is 3.85. The summed E-state index contributed by atoms with van der Waals surface area (Å²) in [6.07, 6.45) is 1.14. The third-order valence-corrected chi connectivity index (χ3v) is 4.77. The second kappa shape index (κ2) is 7.40. The molecule has 0 saturated heterocycles. The lowest BCUT2D eigenvalue weighted by Crippen LogP contribution is -2.29. The molecule has 0 aliphatic rings. The van der Waals surface area contributed by atoms with Crippen LogP contribution in [0.2, 0.25) is 0 Å². The molecule has 5 nitrogen and oxygen atoms in total. The molecule has 124 valence electrons. The summed E-state index contributed by atoms with van der Waals surface area (Å²) in [5, 5.41) is 4.83. The number of imidazole rings is 1. The van der Waals surface area contributed by atoms with E-state index in [1.165, 1.54) is 11.3 Å². The molecule has 2 aromatic heterocycles. The number of ketones is 1. The van der Waals surface area contributed by atoms with Crippen molar-refractivity contribution in [2.45, 2.75) is 32.2 Å². The minimum Gasteiger partial charge on any atom is -0.346 e. The van der Waals surface area contributed by atoms with Crippen molar-refractivity contribution in [3.05, 3.63) is 52.5 Å². The van der Waals surface area contributed by atoms with Crippen LogP contribution in [0.4, 0.5) is 0 Å². The Hall–Kier alpha value is -2.47. The quantitative estimate of drug-likeness (QED) is 0.641. The number of benzene rings is 1. The Morgan fingerprint density at radius 2 is 2.04 bits per heavy atom. The Labute approximate surface area is 144 Å². The number of amides is 1. The van der Waals surface area contributed by atoms with Crippen LogP contribution < -0.4 is 5.32 Å². The molecular weight excluding hydrogens is 322 g/mol. The van der Waals surface area contributed by atoms with Crippen molar-refractivity contribution < 1.29 is 9.59 Å². The maximum Gasteiger partial charge on any atom is 0.221 e. The summed E-state index contributed by atoms with van der Waals surface area (Å²) in [6, 6.07) is 11.2. The van der Waals surface area contributed by atoms with E-state index >= 15 is 0 Å². The lowest BCUT2D eigenvalue weighted by molar-refractivity contribution is -0.121. The van der Waals surface area contributed by atoms with E-state index in [2.05, 4.69) is 15.3 Å². The second-order valence-electron chi connectivity index (χ2n) is 5.57. The van der Waals surface area contributed by atoms with E-state index in [0.717, 1.165) is 23.3 Å². The zero-order valence-corrected chi connectivity index (χ0v) is 14.2. The highest BCUT2D eigenvalue weighted by Crippen LogP contribution is 2.19. The van der Waals surface area contributed by atoms with E-state index in [-0.39, 0.29) is 30.6 Å². The van der Waals surface area contributed by atoms with E-state index < -0.39 is 0 Å². The minimum absolute atomic E-state index is 0.0111. The smallest absolute Gasteiger partial charge is 0.221 e. The Bertz CT molecular complexity index is 806. The number of hydrogen-bond donors (Lipinski definition) is 2. The van der Waals surface area contributed by atoms with Gasteiger partial charge in [-0.25, -0.2) is 4.98 Å². The number of nitrogens with zero attached hydrogens (tertiary/aromatic N) is 1. The average Bonchev–Trinajstić information content (AvgIpc) is 3.26. The number of rotatable bonds is 7. The highest BCUT2D eigenvalue weighted by Gasteiger charge is 2.17. The predicted molar refractivity (Wildman–Crippen MR) is 95.2 cm³/mol. The monoisotopic (exact) mass is 341 g/mol. The molecule has 2 N–H and O–H groups in total. The first kappa shape index (κ1) is 16.4. The summed E-state index contributed by atoms with van der Waals surface area (Å²) in [4.78, 5) is 32.6. The summed E-state index contributed by atoms with van der Waals surface area (Å²) >= 11 is 1.40. The number of carbonyl (C=O) groups excluding carboxylic acids is 2.